The fourth-order valence-electron chi connectivity index (χ4n) is 0.773. The number of benzene rings is 1. The molecule has 0 fully saturated rings. The van der Waals surface area contributed by atoms with E-state index in [9.17, 15) is 17.3 Å². The van der Waals surface area contributed by atoms with Gasteiger partial charge in [-0.25, -0.2) is 12.8 Å². The van der Waals surface area contributed by atoms with E-state index in [1.54, 1.807) is 0 Å². The van der Waals surface area contributed by atoms with Crippen LogP contribution < -0.4 is 4.53 Å². The van der Waals surface area contributed by atoms with Crippen LogP contribution in [0.5, 0.6) is 0 Å². The van der Waals surface area contributed by atoms with Gasteiger partial charge in [-0.05, 0) is 12.1 Å². The summed E-state index contributed by atoms with van der Waals surface area (Å²) in [5, 5.41) is 0. The number of para-hydroxylation sites is 1. The molecule has 1 rings (SSSR count). The molecule has 0 heterocycles. The van der Waals surface area contributed by atoms with Gasteiger partial charge in [-0.15, -0.1) is 0 Å². The summed E-state index contributed by atoms with van der Waals surface area (Å²) < 4.78 is 46.5. The standard InChI is InChI=1S/C7H7F2NO2S/c1-13(11,12)10(9)7-5-3-2-4-6(7)8/h2-5H,1H3. The second-order valence-corrected chi connectivity index (χ2v) is 4.22. The molecule has 0 spiro atoms. The molecular formula is C7H7F2NO2S. The first-order valence-electron chi connectivity index (χ1n) is 3.33. The maximum Gasteiger partial charge on any atom is 0.258 e. The minimum Gasteiger partial charge on any atom is -0.205 e. The second kappa shape index (κ2) is 3.29. The maximum absolute atomic E-state index is 12.9. The largest absolute Gasteiger partial charge is 0.258 e. The number of hydrogen-bond donors (Lipinski definition) is 0. The van der Waals surface area contributed by atoms with Crippen LogP contribution in [0.1, 0.15) is 0 Å². The topological polar surface area (TPSA) is 37.4 Å². The maximum atomic E-state index is 12.9. The Morgan fingerprint density at radius 3 is 2.31 bits per heavy atom. The molecular weight excluding hydrogens is 200 g/mol. The van der Waals surface area contributed by atoms with Crippen molar-refractivity contribution in [2.45, 2.75) is 0 Å². The summed E-state index contributed by atoms with van der Waals surface area (Å²) in [6, 6.07) is 4.70. The molecule has 3 nitrogen and oxygen atoms in total. The highest BCUT2D eigenvalue weighted by Crippen LogP contribution is 2.21. The summed E-state index contributed by atoms with van der Waals surface area (Å²) in [6.45, 7) is 0. The van der Waals surface area contributed by atoms with E-state index in [2.05, 4.69) is 0 Å². The highest BCUT2D eigenvalue weighted by molar-refractivity contribution is 7.91. The summed E-state index contributed by atoms with van der Waals surface area (Å²) in [6.07, 6.45) is 0.652. The van der Waals surface area contributed by atoms with Gasteiger partial charge in [0, 0.05) is 0 Å². The Balaban J connectivity index is 3.17. The van der Waals surface area contributed by atoms with E-state index >= 15 is 0 Å². The van der Waals surface area contributed by atoms with Gasteiger partial charge in [-0.2, -0.15) is 0 Å². The minimum absolute atomic E-state index is 0.595. The van der Waals surface area contributed by atoms with Crippen molar-refractivity contribution in [2.75, 3.05) is 10.8 Å². The number of rotatable bonds is 2. The first-order valence-corrected chi connectivity index (χ1v) is 5.18. The van der Waals surface area contributed by atoms with Crippen molar-refractivity contribution in [3.05, 3.63) is 30.1 Å². The zero-order chi connectivity index (χ0) is 10.1. The zero-order valence-electron chi connectivity index (χ0n) is 6.74. The lowest BCUT2D eigenvalue weighted by Crippen LogP contribution is -2.21. The van der Waals surface area contributed by atoms with E-state index in [4.69, 9.17) is 0 Å². The van der Waals surface area contributed by atoms with Gasteiger partial charge < -0.3 is 0 Å². The number of nitrogens with zero attached hydrogens (tertiary/aromatic N) is 1. The van der Waals surface area contributed by atoms with E-state index in [1.165, 1.54) is 12.1 Å². The van der Waals surface area contributed by atoms with Crippen molar-refractivity contribution in [3.8, 4) is 0 Å². The van der Waals surface area contributed by atoms with Crippen LogP contribution in [-0.4, -0.2) is 14.7 Å². The Labute approximate surface area is 74.6 Å². The molecule has 0 aliphatic heterocycles. The third kappa shape index (κ3) is 2.15. The number of hydrogen-bond acceptors (Lipinski definition) is 2. The Kier molecular flexibility index (Phi) is 2.51. The fourth-order valence-corrected chi connectivity index (χ4v) is 1.28. The third-order valence-electron chi connectivity index (χ3n) is 1.33. The quantitative estimate of drug-likeness (QED) is 0.689. The van der Waals surface area contributed by atoms with Crippen molar-refractivity contribution in [3.63, 3.8) is 0 Å². The summed E-state index contributed by atoms with van der Waals surface area (Å²) in [5.74, 6) is -0.921. The summed E-state index contributed by atoms with van der Waals surface area (Å²) >= 11 is 0. The minimum atomic E-state index is -4.05. The molecule has 0 radical (unpaired) electrons. The molecule has 0 saturated heterocycles. The van der Waals surface area contributed by atoms with Gasteiger partial charge in [-0.3, -0.25) is 0 Å². The first-order chi connectivity index (χ1) is 5.93. The molecule has 0 aromatic heterocycles. The van der Waals surface area contributed by atoms with E-state index < -0.39 is 26.1 Å². The van der Waals surface area contributed by atoms with Crippen molar-refractivity contribution < 1.29 is 17.3 Å². The van der Waals surface area contributed by atoms with Gasteiger partial charge in [0.1, 0.15) is 11.5 Å². The molecule has 6 heteroatoms. The SMILES string of the molecule is CS(=O)(=O)N(F)c1ccccc1F. The first kappa shape index (κ1) is 9.91. The Morgan fingerprint density at radius 2 is 1.85 bits per heavy atom. The highest BCUT2D eigenvalue weighted by Gasteiger charge is 2.19. The molecule has 0 saturated carbocycles. The number of anilines is 1. The summed E-state index contributed by atoms with van der Waals surface area (Å²) in [5.41, 5.74) is -0.606. The van der Waals surface area contributed by atoms with Crippen molar-refractivity contribution >= 4 is 15.7 Å². The van der Waals surface area contributed by atoms with Gasteiger partial charge in [0.2, 0.25) is 0 Å². The van der Waals surface area contributed by atoms with Crippen molar-refractivity contribution in [1.82, 2.24) is 0 Å². The van der Waals surface area contributed by atoms with Crippen molar-refractivity contribution in [2.24, 2.45) is 0 Å². The van der Waals surface area contributed by atoms with Crippen LogP contribution >= 0.6 is 0 Å². The normalized spacial score (nSPS) is 11.3. The molecule has 72 valence electrons. The predicted octanol–water partition coefficient (Wildman–Crippen LogP) is 1.48. The molecule has 1 aromatic rings. The molecule has 0 aliphatic carbocycles. The van der Waals surface area contributed by atoms with Crippen LogP contribution in [0.3, 0.4) is 0 Å². The average Bonchev–Trinajstić information content (AvgIpc) is 2.02. The third-order valence-corrected chi connectivity index (χ3v) is 2.11. The van der Waals surface area contributed by atoms with Gasteiger partial charge in [-0.1, -0.05) is 21.1 Å². The van der Waals surface area contributed by atoms with Crippen LogP contribution in [0.2, 0.25) is 0 Å². The van der Waals surface area contributed by atoms with Crippen LogP contribution in [-0.2, 0) is 10.0 Å². The molecule has 0 atom stereocenters. The molecule has 0 bridgehead atoms. The lowest BCUT2D eigenvalue weighted by Gasteiger charge is -2.10. The van der Waals surface area contributed by atoms with Crippen LogP contribution in [0, 0.1) is 5.82 Å². The van der Waals surface area contributed by atoms with E-state index in [0.29, 0.717) is 6.26 Å². The Morgan fingerprint density at radius 1 is 1.31 bits per heavy atom. The summed E-state index contributed by atoms with van der Waals surface area (Å²) in [4.78, 5) is 0. The van der Waals surface area contributed by atoms with E-state index in [0.717, 1.165) is 12.1 Å². The highest BCUT2D eigenvalue weighted by atomic mass is 32.2. The van der Waals surface area contributed by atoms with Gasteiger partial charge in [0.15, 0.2) is 0 Å². The smallest absolute Gasteiger partial charge is 0.205 e. The Hall–Kier alpha value is -1.17. The lowest BCUT2D eigenvalue weighted by molar-refractivity contribution is 0.487. The fraction of sp³-hybridized carbons (Fsp3) is 0.143. The predicted molar refractivity (Wildman–Crippen MR) is 44.8 cm³/mol. The van der Waals surface area contributed by atoms with Gasteiger partial charge in [0.05, 0.1) is 6.26 Å². The van der Waals surface area contributed by atoms with Gasteiger partial charge in [0.25, 0.3) is 10.0 Å². The van der Waals surface area contributed by atoms with E-state index in [-0.39, 0.29) is 0 Å². The number of halogens is 2. The van der Waals surface area contributed by atoms with Crippen LogP contribution in [0.15, 0.2) is 24.3 Å². The lowest BCUT2D eigenvalue weighted by atomic mass is 10.3. The monoisotopic (exact) mass is 207 g/mol. The molecule has 1 aromatic carbocycles. The molecule has 0 unspecified atom stereocenters. The van der Waals surface area contributed by atoms with Crippen LogP contribution in [0.25, 0.3) is 0 Å². The van der Waals surface area contributed by atoms with E-state index in [1.807, 2.05) is 0 Å². The molecule has 0 N–H and O–H groups in total. The molecule has 13 heavy (non-hydrogen) atoms. The van der Waals surface area contributed by atoms with Crippen LogP contribution in [0.4, 0.5) is 14.6 Å². The number of sulfonamides is 1. The average molecular weight is 207 g/mol. The molecule has 0 amide bonds. The van der Waals surface area contributed by atoms with Gasteiger partial charge >= 0.3 is 0 Å². The second-order valence-electron chi connectivity index (χ2n) is 2.43. The molecule has 0 aliphatic rings. The Bertz CT molecular complexity index is 405. The summed E-state index contributed by atoms with van der Waals surface area (Å²) in [7, 11) is -4.05. The zero-order valence-corrected chi connectivity index (χ0v) is 7.55. The van der Waals surface area contributed by atoms with Crippen molar-refractivity contribution in [1.29, 1.82) is 0 Å².